The number of carbonyl (C=O) groups excluding carboxylic acids is 1. The van der Waals surface area contributed by atoms with Crippen molar-refractivity contribution >= 4 is 28.6 Å². The Morgan fingerprint density at radius 2 is 2.00 bits per heavy atom. The summed E-state index contributed by atoms with van der Waals surface area (Å²) in [5.41, 5.74) is 2.29. The SMILES string of the molecule is COc1ccc(-c2nc3c(C(=O)NC4CN5CCC4CC5)cc(Cl)cc3o2)cc1. The summed E-state index contributed by atoms with van der Waals surface area (Å²) in [5, 5.41) is 3.67. The normalized spacial score (nSPS) is 23.3. The van der Waals surface area contributed by atoms with Gasteiger partial charge in [-0.05, 0) is 62.2 Å². The fourth-order valence-electron chi connectivity index (χ4n) is 4.40. The number of fused-ring (bicyclic) bond motifs is 4. The van der Waals surface area contributed by atoms with E-state index in [0.29, 0.717) is 33.5 Å². The number of halogens is 1. The van der Waals surface area contributed by atoms with Crippen LogP contribution in [0.4, 0.5) is 0 Å². The zero-order valence-electron chi connectivity index (χ0n) is 16.2. The molecule has 0 radical (unpaired) electrons. The van der Waals surface area contributed by atoms with E-state index in [4.69, 9.17) is 20.8 Å². The number of benzene rings is 2. The molecule has 2 aromatic carbocycles. The molecule has 1 atom stereocenters. The van der Waals surface area contributed by atoms with E-state index in [9.17, 15) is 4.79 Å². The highest BCUT2D eigenvalue weighted by atomic mass is 35.5. The minimum atomic E-state index is -0.147. The van der Waals surface area contributed by atoms with Crippen molar-refractivity contribution in [3.05, 3.63) is 47.0 Å². The maximum atomic E-state index is 13.1. The molecule has 0 saturated carbocycles. The molecule has 0 aliphatic carbocycles. The molecule has 3 aliphatic heterocycles. The molecule has 6 rings (SSSR count). The van der Waals surface area contributed by atoms with E-state index in [2.05, 4.69) is 15.2 Å². The van der Waals surface area contributed by atoms with Crippen molar-refractivity contribution < 1.29 is 13.9 Å². The van der Waals surface area contributed by atoms with E-state index in [1.54, 1.807) is 19.2 Å². The lowest BCUT2D eigenvalue weighted by atomic mass is 9.84. The molecule has 1 N–H and O–H groups in total. The van der Waals surface area contributed by atoms with Crippen molar-refractivity contribution in [1.29, 1.82) is 0 Å². The second-order valence-corrected chi connectivity index (χ2v) is 8.20. The van der Waals surface area contributed by atoms with Gasteiger partial charge >= 0.3 is 0 Å². The number of aromatic nitrogens is 1. The van der Waals surface area contributed by atoms with Gasteiger partial charge in [0.05, 0.1) is 12.7 Å². The summed E-state index contributed by atoms with van der Waals surface area (Å²) in [6.07, 6.45) is 2.28. The van der Waals surface area contributed by atoms with Crippen LogP contribution < -0.4 is 10.1 Å². The van der Waals surface area contributed by atoms with Gasteiger partial charge in [0.15, 0.2) is 5.58 Å². The number of piperidine rings is 3. The Hall–Kier alpha value is -2.57. The van der Waals surface area contributed by atoms with E-state index in [1.807, 2.05) is 24.3 Å². The third kappa shape index (κ3) is 3.47. The van der Waals surface area contributed by atoms with Gasteiger partial charge in [0.25, 0.3) is 5.91 Å². The smallest absolute Gasteiger partial charge is 0.253 e. The third-order valence-corrected chi connectivity index (χ3v) is 6.23. The quantitative estimate of drug-likeness (QED) is 0.703. The van der Waals surface area contributed by atoms with Crippen molar-refractivity contribution in [3.8, 4) is 17.2 Å². The Morgan fingerprint density at radius 1 is 1.24 bits per heavy atom. The van der Waals surface area contributed by atoms with Crippen LogP contribution in [-0.2, 0) is 0 Å². The summed E-state index contributed by atoms with van der Waals surface area (Å²) in [6, 6.07) is 11.0. The Bertz CT molecular complexity index is 1060. The molecule has 2 bridgehead atoms. The highest BCUT2D eigenvalue weighted by molar-refractivity contribution is 6.32. The van der Waals surface area contributed by atoms with E-state index in [-0.39, 0.29) is 11.9 Å². The number of nitrogens with one attached hydrogen (secondary N) is 1. The second kappa shape index (κ2) is 7.35. The van der Waals surface area contributed by atoms with Crippen LogP contribution in [0.5, 0.6) is 5.75 Å². The lowest BCUT2D eigenvalue weighted by Crippen LogP contribution is -2.57. The fourth-order valence-corrected chi connectivity index (χ4v) is 4.61. The summed E-state index contributed by atoms with van der Waals surface area (Å²) in [7, 11) is 1.62. The standard InChI is InChI=1S/C22H22ClN3O3/c1-28-16-4-2-14(3-5-16)22-25-20-17(10-15(23)11-19(20)29-22)21(27)24-18-12-26-8-6-13(18)7-9-26/h2-5,10-11,13,18H,6-9,12H2,1H3,(H,24,27). The van der Waals surface area contributed by atoms with Crippen LogP contribution in [0.15, 0.2) is 40.8 Å². The molecule has 3 saturated heterocycles. The van der Waals surface area contributed by atoms with Crippen LogP contribution in [0, 0.1) is 5.92 Å². The number of hydrogen-bond acceptors (Lipinski definition) is 5. The summed E-state index contributed by atoms with van der Waals surface area (Å²) in [4.78, 5) is 20.1. The number of nitrogens with zero attached hydrogens (tertiary/aromatic N) is 2. The highest BCUT2D eigenvalue weighted by Crippen LogP contribution is 2.31. The average molecular weight is 412 g/mol. The first kappa shape index (κ1) is 18.5. The monoisotopic (exact) mass is 411 g/mol. The maximum Gasteiger partial charge on any atom is 0.253 e. The third-order valence-electron chi connectivity index (χ3n) is 6.01. The predicted molar refractivity (Wildman–Crippen MR) is 111 cm³/mol. The summed E-state index contributed by atoms with van der Waals surface area (Å²) < 4.78 is 11.1. The molecule has 7 heteroatoms. The summed E-state index contributed by atoms with van der Waals surface area (Å²) in [6.45, 7) is 3.18. The predicted octanol–water partition coefficient (Wildman–Crippen LogP) is 3.98. The Kier molecular flexibility index (Phi) is 4.68. The summed E-state index contributed by atoms with van der Waals surface area (Å²) >= 11 is 6.28. The van der Waals surface area contributed by atoms with Gasteiger partial charge in [0.2, 0.25) is 5.89 Å². The van der Waals surface area contributed by atoms with Crippen LogP contribution >= 0.6 is 11.6 Å². The Morgan fingerprint density at radius 3 is 2.66 bits per heavy atom. The van der Waals surface area contributed by atoms with Crippen LogP contribution in [0.25, 0.3) is 22.6 Å². The van der Waals surface area contributed by atoms with Gasteiger partial charge in [-0.2, -0.15) is 0 Å². The van der Waals surface area contributed by atoms with E-state index >= 15 is 0 Å². The van der Waals surface area contributed by atoms with Crippen LogP contribution in [0.3, 0.4) is 0 Å². The number of ether oxygens (including phenoxy) is 1. The first-order valence-corrected chi connectivity index (χ1v) is 10.3. The molecular formula is C22H22ClN3O3. The molecule has 1 unspecified atom stereocenters. The number of carbonyl (C=O) groups is 1. The Labute approximate surface area is 173 Å². The molecular weight excluding hydrogens is 390 g/mol. The van der Waals surface area contributed by atoms with Gasteiger partial charge in [-0.1, -0.05) is 11.6 Å². The van der Waals surface area contributed by atoms with Crippen molar-refractivity contribution in [2.45, 2.75) is 18.9 Å². The zero-order valence-corrected chi connectivity index (χ0v) is 16.9. The van der Waals surface area contributed by atoms with Gasteiger partial charge in [0, 0.05) is 29.2 Å². The molecule has 3 aromatic rings. The Balaban J connectivity index is 1.46. The first-order chi connectivity index (χ1) is 14.1. The van der Waals surface area contributed by atoms with Gasteiger partial charge in [-0.25, -0.2) is 4.98 Å². The average Bonchev–Trinajstić information content (AvgIpc) is 3.18. The largest absolute Gasteiger partial charge is 0.497 e. The number of rotatable bonds is 4. The molecule has 3 fully saturated rings. The number of oxazole rings is 1. The number of amides is 1. The molecule has 29 heavy (non-hydrogen) atoms. The van der Waals surface area contributed by atoms with E-state index < -0.39 is 0 Å². The van der Waals surface area contributed by atoms with Gasteiger partial charge < -0.3 is 19.4 Å². The molecule has 3 aliphatic rings. The van der Waals surface area contributed by atoms with Gasteiger partial charge in [-0.3, -0.25) is 4.79 Å². The van der Waals surface area contributed by atoms with Crippen LogP contribution in [-0.4, -0.2) is 48.6 Å². The van der Waals surface area contributed by atoms with Gasteiger partial charge in [0.1, 0.15) is 11.3 Å². The first-order valence-electron chi connectivity index (χ1n) is 9.88. The number of hydrogen-bond donors (Lipinski definition) is 1. The van der Waals surface area contributed by atoms with E-state index in [0.717, 1.165) is 43.8 Å². The van der Waals surface area contributed by atoms with Crippen molar-refractivity contribution in [2.75, 3.05) is 26.7 Å². The highest BCUT2D eigenvalue weighted by Gasteiger charge is 2.35. The summed E-state index contributed by atoms with van der Waals surface area (Å²) in [5.74, 6) is 1.60. The van der Waals surface area contributed by atoms with E-state index in [1.165, 1.54) is 0 Å². The van der Waals surface area contributed by atoms with Crippen LogP contribution in [0.2, 0.25) is 5.02 Å². The van der Waals surface area contributed by atoms with Crippen molar-refractivity contribution in [2.24, 2.45) is 5.92 Å². The lowest BCUT2D eigenvalue weighted by molar-refractivity contribution is 0.0621. The second-order valence-electron chi connectivity index (χ2n) is 7.77. The number of methoxy groups -OCH3 is 1. The molecule has 1 amide bonds. The molecule has 0 spiro atoms. The topological polar surface area (TPSA) is 67.6 Å². The minimum Gasteiger partial charge on any atom is -0.497 e. The van der Waals surface area contributed by atoms with Crippen molar-refractivity contribution in [3.63, 3.8) is 0 Å². The maximum absolute atomic E-state index is 13.1. The molecule has 6 nitrogen and oxygen atoms in total. The fraction of sp³-hybridized carbons (Fsp3) is 0.364. The zero-order chi connectivity index (χ0) is 20.0. The molecule has 150 valence electrons. The minimum absolute atomic E-state index is 0.147. The molecule has 1 aromatic heterocycles. The van der Waals surface area contributed by atoms with Gasteiger partial charge in [-0.15, -0.1) is 0 Å². The van der Waals surface area contributed by atoms with Crippen molar-refractivity contribution in [1.82, 2.24) is 15.2 Å². The molecule has 4 heterocycles. The lowest BCUT2D eigenvalue weighted by Gasteiger charge is -2.44. The van der Waals surface area contributed by atoms with Crippen LogP contribution in [0.1, 0.15) is 23.2 Å².